The summed E-state index contributed by atoms with van der Waals surface area (Å²) < 4.78 is 0. The highest BCUT2D eigenvalue weighted by atomic mass is 32.1. The standard InChI is InChI=1S/C18H25N3OS/c1-13-7-6-8-15(11-13)17(20(3)4)18(22)21(5)10-9-16-14(2)19-12-23-16/h6-8,11-12,17H,9-10H2,1-5H3/t17-/m1/s1. The lowest BCUT2D eigenvalue weighted by Gasteiger charge is -2.29. The van der Waals surface area contributed by atoms with Gasteiger partial charge >= 0.3 is 0 Å². The molecule has 124 valence electrons. The van der Waals surface area contributed by atoms with Crippen LogP contribution in [0.3, 0.4) is 0 Å². The number of hydrogen-bond donors (Lipinski definition) is 0. The number of hydrogen-bond acceptors (Lipinski definition) is 4. The van der Waals surface area contributed by atoms with Gasteiger partial charge in [0.15, 0.2) is 0 Å². The Kier molecular flexibility index (Phi) is 5.91. The van der Waals surface area contributed by atoms with E-state index in [0.29, 0.717) is 6.54 Å². The van der Waals surface area contributed by atoms with Crippen LogP contribution in [0.15, 0.2) is 29.8 Å². The van der Waals surface area contributed by atoms with Gasteiger partial charge in [-0.05, 0) is 33.5 Å². The first kappa shape index (κ1) is 17.6. The molecule has 0 unspecified atom stereocenters. The Hall–Kier alpha value is -1.72. The first-order valence-corrected chi connectivity index (χ1v) is 8.65. The average Bonchev–Trinajstić information content (AvgIpc) is 2.90. The molecule has 0 saturated heterocycles. The molecule has 0 N–H and O–H groups in total. The monoisotopic (exact) mass is 331 g/mol. The lowest BCUT2D eigenvalue weighted by atomic mass is 10.0. The maximum atomic E-state index is 12.9. The van der Waals surface area contributed by atoms with Crippen molar-refractivity contribution in [2.24, 2.45) is 0 Å². The topological polar surface area (TPSA) is 36.4 Å². The normalized spacial score (nSPS) is 12.4. The zero-order valence-corrected chi connectivity index (χ0v) is 15.4. The number of likely N-dealkylation sites (N-methyl/N-ethyl adjacent to an activating group) is 2. The van der Waals surface area contributed by atoms with E-state index in [4.69, 9.17) is 0 Å². The van der Waals surface area contributed by atoms with Gasteiger partial charge in [-0.15, -0.1) is 11.3 Å². The maximum absolute atomic E-state index is 12.9. The third-order valence-corrected chi connectivity index (χ3v) is 5.00. The molecule has 1 aromatic heterocycles. The van der Waals surface area contributed by atoms with Crippen molar-refractivity contribution in [1.29, 1.82) is 0 Å². The van der Waals surface area contributed by atoms with Crippen molar-refractivity contribution in [2.45, 2.75) is 26.3 Å². The molecule has 4 nitrogen and oxygen atoms in total. The molecular formula is C18H25N3OS. The van der Waals surface area contributed by atoms with E-state index in [1.807, 2.05) is 55.5 Å². The molecule has 0 fully saturated rings. The van der Waals surface area contributed by atoms with Gasteiger partial charge in [-0.2, -0.15) is 0 Å². The molecule has 2 rings (SSSR count). The summed E-state index contributed by atoms with van der Waals surface area (Å²) >= 11 is 1.66. The van der Waals surface area contributed by atoms with Crippen LogP contribution >= 0.6 is 11.3 Å². The quantitative estimate of drug-likeness (QED) is 0.816. The minimum atomic E-state index is -0.248. The second kappa shape index (κ2) is 7.70. The molecule has 0 aliphatic rings. The number of aryl methyl sites for hydroxylation is 2. The Morgan fingerprint density at radius 3 is 2.57 bits per heavy atom. The van der Waals surface area contributed by atoms with Crippen LogP contribution in [0.5, 0.6) is 0 Å². The van der Waals surface area contributed by atoms with E-state index in [2.05, 4.69) is 24.0 Å². The highest BCUT2D eigenvalue weighted by Crippen LogP contribution is 2.22. The van der Waals surface area contributed by atoms with Gasteiger partial charge in [-0.25, -0.2) is 4.98 Å². The van der Waals surface area contributed by atoms with E-state index in [1.54, 1.807) is 11.3 Å². The molecule has 23 heavy (non-hydrogen) atoms. The molecular weight excluding hydrogens is 306 g/mol. The van der Waals surface area contributed by atoms with Gasteiger partial charge in [-0.1, -0.05) is 29.8 Å². The second-order valence-corrected chi connectivity index (χ2v) is 7.09. The van der Waals surface area contributed by atoms with Crippen molar-refractivity contribution >= 4 is 17.2 Å². The van der Waals surface area contributed by atoms with Crippen molar-refractivity contribution in [2.75, 3.05) is 27.7 Å². The van der Waals surface area contributed by atoms with E-state index < -0.39 is 0 Å². The summed E-state index contributed by atoms with van der Waals surface area (Å²) in [4.78, 5) is 22.2. The number of amides is 1. The fourth-order valence-corrected chi connectivity index (χ4v) is 3.43. The van der Waals surface area contributed by atoms with Gasteiger partial charge < -0.3 is 4.90 Å². The van der Waals surface area contributed by atoms with Crippen molar-refractivity contribution in [3.63, 3.8) is 0 Å². The zero-order valence-electron chi connectivity index (χ0n) is 14.5. The van der Waals surface area contributed by atoms with Gasteiger partial charge in [0.25, 0.3) is 0 Å². The van der Waals surface area contributed by atoms with E-state index in [1.165, 1.54) is 10.4 Å². The number of benzene rings is 1. The molecule has 1 heterocycles. The molecule has 1 amide bonds. The van der Waals surface area contributed by atoms with Gasteiger partial charge in [0, 0.05) is 24.9 Å². The van der Waals surface area contributed by atoms with Crippen molar-refractivity contribution in [3.05, 3.63) is 51.5 Å². The van der Waals surface area contributed by atoms with Crippen molar-refractivity contribution in [3.8, 4) is 0 Å². The first-order chi connectivity index (χ1) is 10.9. The molecule has 2 aromatic rings. The Morgan fingerprint density at radius 2 is 2.00 bits per heavy atom. The fraction of sp³-hybridized carbons (Fsp3) is 0.444. The van der Waals surface area contributed by atoms with Gasteiger partial charge in [0.1, 0.15) is 6.04 Å². The third-order valence-electron chi connectivity index (χ3n) is 4.00. The molecule has 1 atom stereocenters. The van der Waals surface area contributed by atoms with Crippen LogP contribution in [0, 0.1) is 13.8 Å². The van der Waals surface area contributed by atoms with Crippen LogP contribution in [0.25, 0.3) is 0 Å². The van der Waals surface area contributed by atoms with E-state index in [0.717, 1.165) is 17.7 Å². The summed E-state index contributed by atoms with van der Waals surface area (Å²) in [5.74, 6) is 0.128. The third kappa shape index (κ3) is 4.39. The van der Waals surface area contributed by atoms with Crippen LogP contribution in [-0.2, 0) is 11.2 Å². The van der Waals surface area contributed by atoms with Crippen molar-refractivity contribution in [1.82, 2.24) is 14.8 Å². The van der Waals surface area contributed by atoms with Crippen LogP contribution in [0.1, 0.15) is 27.7 Å². The average molecular weight is 331 g/mol. The second-order valence-electron chi connectivity index (χ2n) is 6.15. The summed E-state index contributed by atoms with van der Waals surface area (Å²) in [5, 5.41) is 0. The number of aromatic nitrogens is 1. The molecule has 0 saturated carbocycles. The van der Waals surface area contributed by atoms with Crippen LogP contribution in [-0.4, -0.2) is 48.4 Å². The molecule has 0 radical (unpaired) electrons. The van der Waals surface area contributed by atoms with Gasteiger partial charge in [0.2, 0.25) is 5.91 Å². The first-order valence-electron chi connectivity index (χ1n) is 7.77. The van der Waals surface area contributed by atoms with Crippen LogP contribution in [0.4, 0.5) is 0 Å². The summed E-state index contributed by atoms with van der Waals surface area (Å²) in [7, 11) is 5.78. The number of thiazole rings is 1. The summed E-state index contributed by atoms with van der Waals surface area (Å²) in [5.41, 5.74) is 5.14. The maximum Gasteiger partial charge on any atom is 0.244 e. The highest BCUT2D eigenvalue weighted by Gasteiger charge is 2.26. The Labute approximate surface area is 142 Å². The molecule has 0 aliphatic heterocycles. The molecule has 1 aromatic carbocycles. The van der Waals surface area contributed by atoms with E-state index in [-0.39, 0.29) is 11.9 Å². The number of carbonyl (C=O) groups is 1. The predicted octanol–water partition coefficient (Wildman–Crippen LogP) is 3.06. The number of rotatable bonds is 6. The largest absolute Gasteiger partial charge is 0.344 e. The van der Waals surface area contributed by atoms with E-state index in [9.17, 15) is 4.79 Å². The molecule has 5 heteroatoms. The summed E-state index contributed by atoms with van der Waals surface area (Å²) in [6.45, 7) is 4.78. The lowest BCUT2D eigenvalue weighted by Crippen LogP contribution is -2.39. The Bertz CT molecular complexity index is 666. The molecule has 0 spiro atoms. The Balaban J connectivity index is 2.09. The van der Waals surface area contributed by atoms with Gasteiger partial charge in [-0.3, -0.25) is 9.69 Å². The minimum absolute atomic E-state index is 0.128. The van der Waals surface area contributed by atoms with E-state index >= 15 is 0 Å². The molecule has 0 bridgehead atoms. The predicted molar refractivity (Wildman–Crippen MR) is 95.8 cm³/mol. The smallest absolute Gasteiger partial charge is 0.244 e. The number of carbonyl (C=O) groups excluding carboxylic acids is 1. The lowest BCUT2D eigenvalue weighted by molar-refractivity contribution is -0.135. The highest BCUT2D eigenvalue weighted by molar-refractivity contribution is 7.09. The molecule has 0 aliphatic carbocycles. The van der Waals surface area contributed by atoms with Crippen molar-refractivity contribution < 1.29 is 4.79 Å². The zero-order chi connectivity index (χ0) is 17.0. The van der Waals surface area contributed by atoms with Crippen LogP contribution in [0.2, 0.25) is 0 Å². The number of nitrogens with zero attached hydrogens (tertiary/aromatic N) is 3. The summed E-state index contributed by atoms with van der Waals surface area (Å²) in [6, 6.07) is 7.93. The fourth-order valence-electron chi connectivity index (χ4n) is 2.66. The SMILES string of the molecule is Cc1cccc([C@H](C(=O)N(C)CCc2scnc2C)N(C)C)c1. The van der Waals surface area contributed by atoms with Gasteiger partial charge in [0.05, 0.1) is 11.2 Å². The Morgan fingerprint density at radius 1 is 1.26 bits per heavy atom. The minimum Gasteiger partial charge on any atom is -0.344 e. The van der Waals surface area contributed by atoms with Crippen LogP contribution < -0.4 is 0 Å². The summed E-state index contributed by atoms with van der Waals surface area (Å²) in [6.07, 6.45) is 0.854.